The molecule has 0 unspecified atom stereocenters. The lowest BCUT2D eigenvalue weighted by atomic mass is 9.77. The first-order chi connectivity index (χ1) is 9.04. The molecule has 102 valence electrons. The van der Waals surface area contributed by atoms with Gasteiger partial charge in [0.1, 0.15) is 5.54 Å². The Bertz CT molecular complexity index is 466. The van der Waals surface area contributed by atoms with E-state index in [4.69, 9.17) is 11.0 Å². The van der Waals surface area contributed by atoms with Crippen LogP contribution in [0, 0.1) is 17.2 Å². The molecule has 5 nitrogen and oxygen atoms in total. The number of aromatic nitrogens is 1. The number of nitrogens with two attached hydrogens (primary N) is 1. The summed E-state index contributed by atoms with van der Waals surface area (Å²) < 4.78 is 0. The van der Waals surface area contributed by atoms with Crippen LogP contribution in [0.4, 0.5) is 0 Å². The Kier molecular flexibility index (Phi) is 3.91. The summed E-state index contributed by atoms with van der Waals surface area (Å²) in [7, 11) is 1.82. The van der Waals surface area contributed by atoms with E-state index in [1.54, 1.807) is 4.90 Å². The fraction of sp³-hybridized carbons (Fsp3) is 0.571. The zero-order chi connectivity index (χ0) is 13.9. The summed E-state index contributed by atoms with van der Waals surface area (Å²) in [5.41, 5.74) is 6.28. The van der Waals surface area contributed by atoms with Crippen LogP contribution in [0.25, 0.3) is 0 Å². The van der Waals surface area contributed by atoms with Gasteiger partial charge >= 0.3 is 0 Å². The van der Waals surface area contributed by atoms with Crippen LogP contribution in [0.3, 0.4) is 0 Å². The molecule has 5 heteroatoms. The monoisotopic (exact) mass is 260 g/mol. The standard InChI is InChI=1S/C14H20N4O/c1-18(9-11-4-7-17-8-11)13(19)12-2-5-14(16,10-15)6-3-12/h4,7-8,12,17H,2-3,5-6,9,16H2,1H3. The van der Waals surface area contributed by atoms with E-state index in [1.165, 1.54) is 0 Å². The van der Waals surface area contributed by atoms with Gasteiger partial charge in [0.05, 0.1) is 6.07 Å². The van der Waals surface area contributed by atoms with Gasteiger partial charge in [-0.3, -0.25) is 4.79 Å². The minimum Gasteiger partial charge on any atom is -0.367 e. The van der Waals surface area contributed by atoms with Crippen LogP contribution in [0.5, 0.6) is 0 Å². The molecule has 1 saturated carbocycles. The summed E-state index contributed by atoms with van der Waals surface area (Å²) in [5.74, 6) is 0.162. The van der Waals surface area contributed by atoms with E-state index in [0.29, 0.717) is 32.2 Å². The Balaban J connectivity index is 1.89. The number of hydrogen-bond donors (Lipinski definition) is 2. The molecular weight excluding hydrogens is 240 g/mol. The molecule has 0 atom stereocenters. The van der Waals surface area contributed by atoms with E-state index in [1.807, 2.05) is 25.5 Å². The Hall–Kier alpha value is -1.80. The molecule has 1 aromatic heterocycles. The molecular formula is C14H20N4O. The number of nitriles is 1. The summed E-state index contributed by atoms with van der Waals surface area (Å²) >= 11 is 0. The van der Waals surface area contributed by atoms with Crippen LogP contribution in [0.2, 0.25) is 0 Å². The molecule has 1 aromatic rings. The maximum absolute atomic E-state index is 12.3. The summed E-state index contributed by atoms with van der Waals surface area (Å²) in [6.45, 7) is 0.616. The zero-order valence-electron chi connectivity index (χ0n) is 11.2. The Morgan fingerprint density at radius 3 is 2.84 bits per heavy atom. The predicted octanol–water partition coefficient (Wildman–Crippen LogP) is 1.38. The van der Waals surface area contributed by atoms with Gasteiger partial charge in [0, 0.05) is 31.9 Å². The highest BCUT2D eigenvalue weighted by Crippen LogP contribution is 2.31. The molecule has 0 aliphatic heterocycles. The molecule has 0 saturated heterocycles. The van der Waals surface area contributed by atoms with E-state index in [-0.39, 0.29) is 11.8 Å². The van der Waals surface area contributed by atoms with Crippen LogP contribution < -0.4 is 5.73 Å². The number of aromatic amines is 1. The van der Waals surface area contributed by atoms with Crippen LogP contribution in [-0.2, 0) is 11.3 Å². The van der Waals surface area contributed by atoms with Crippen molar-refractivity contribution in [1.82, 2.24) is 9.88 Å². The minimum absolute atomic E-state index is 0.00830. The summed E-state index contributed by atoms with van der Waals surface area (Å²) in [5, 5.41) is 8.98. The van der Waals surface area contributed by atoms with Crippen molar-refractivity contribution in [2.45, 2.75) is 37.8 Å². The van der Waals surface area contributed by atoms with Crippen molar-refractivity contribution in [3.05, 3.63) is 24.0 Å². The van der Waals surface area contributed by atoms with Crippen LogP contribution in [0.15, 0.2) is 18.5 Å². The smallest absolute Gasteiger partial charge is 0.225 e. The molecule has 1 aliphatic carbocycles. The van der Waals surface area contributed by atoms with Gasteiger partial charge in [-0.25, -0.2) is 0 Å². The third-order valence-electron chi connectivity index (χ3n) is 3.91. The molecule has 1 heterocycles. The number of amides is 1. The maximum Gasteiger partial charge on any atom is 0.225 e. The van der Waals surface area contributed by atoms with Gasteiger partial charge in [-0.1, -0.05) is 0 Å². The Labute approximate surface area is 113 Å². The molecule has 3 N–H and O–H groups in total. The van der Waals surface area contributed by atoms with Gasteiger partial charge in [0.2, 0.25) is 5.91 Å². The van der Waals surface area contributed by atoms with Gasteiger partial charge < -0.3 is 15.6 Å². The second kappa shape index (κ2) is 5.45. The molecule has 0 spiro atoms. The number of rotatable bonds is 3. The first kappa shape index (κ1) is 13.6. The topological polar surface area (TPSA) is 85.9 Å². The fourth-order valence-electron chi connectivity index (χ4n) is 2.61. The van der Waals surface area contributed by atoms with Crippen molar-refractivity contribution in [1.29, 1.82) is 5.26 Å². The predicted molar refractivity (Wildman–Crippen MR) is 71.8 cm³/mol. The lowest BCUT2D eigenvalue weighted by molar-refractivity contribution is -0.136. The van der Waals surface area contributed by atoms with Gasteiger partial charge in [-0.05, 0) is 37.3 Å². The molecule has 19 heavy (non-hydrogen) atoms. The maximum atomic E-state index is 12.3. The second-order valence-corrected chi connectivity index (χ2v) is 5.46. The third kappa shape index (κ3) is 3.15. The molecule has 1 aliphatic rings. The van der Waals surface area contributed by atoms with Crippen molar-refractivity contribution >= 4 is 5.91 Å². The second-order valence-electron chi connectivity index (χ2n) is 5.46. The highest BCUT2D eigenvalue weighted by molar-refractivity contribution is 5.78. The zero-order valence-corrected chi connectivity index (χ0v) is 11.2. The van der Waals surface area contributed by atoms with E-state index < -0.39 is 5.54 Å². The van der Waals surface area contributed by atoms with Crippen molar-refractivity contribution in [2.75, 3.05) is 7.05 Å². The molecule has 1 fully saturated rings. The van der Waals surface area contributed by atoms with Crippen molar-refractivity contribution in [3.8, 4) is 6.07 Å². The number of nitrogens with one attached hydrogen (secondary N) is 1. The van der Waals surface area contributed by atoms with Gasteiger partial charge in [-0.2, -0.15) is 5.26 Å². The van der Waals surface area contributed by atoms with E-state index in [2.05, 4.69) is 11.1 Å². The molecule has 2 rings (SSSR count). The van der Waals surface area contributed by atoms with Crippen LogP contribution in [0.1, 0.15) is 31.2 Å². The fourth-order valence-corrected chi connectivity index (χ4v) is 2.61. The lowest BCUT2D eigenvalue weighted by Crippen LogP contribution is -2.44. The van der Waals surface area contributed by atoms with Crippen molar-refractivity contribution < 1.29 is 4.79 Å². The normalized spacial score (nSPS) is 26.7. The first-order valence-corrected chi connectivity index (χ1v) is 6.61. The van der Waals surface area contributed by atoms with E-state index in [0.717, 1.165) is 5.56 Å². The van der Waals surface area contributed by atoms with Crippen LogP contribution >= 0.6 is 0 Å². The average molecular weight is 260 g/mol. The Morgan fingerprint density at radius 2 is 2.32 bits per heavy atom. The van der Waals surface area contributed by atoms with Crippen LogP contribution in [-0.4, -0.2) is 28.4 Å². The van der Waals surface area contributed by atoms with E-state index >= 15 is 0 Å². The SMILES string of the molecule is CN(Cc1cc[nH]c1)C(=O)C1CCC(N)(C#N)CC1. The van der Waals surface area contributed by atoms with Gasteiger partial charge in [0.25, 0.3) is 0 Å². The largest absolute Gasteiger partial charge is 0.367 e. The molecule has 0 radical (unpaired) electrons. The number of nitrogens with zero attached hydrogens (tertiary/aromatic N) is 2. The minimum atomic E-state index is -0.726. The lowest BCUT2D eigenvalue weighted by Gasteiger charge is -2.33. The highest BCUT2D eigenvalue weighted by atomic mass is 16.2. The quantitative estimate of drug-likeness (QED) is 0.861. The molecule has 0 bridgehead atoms. The van der Waals surface area contributed by atoms with E-state index in [9.17, 15) is 4.79 Å². The number of H-pyrrole nitrogens is 1. The molecule has 1 amide bonds. The number of carbonyl (C=O) groups is 1. The number of carbonyl (C=O) groups excluding carboxylic acids is 1. The van der Waals surface area contributed by atoms with Crippen molar-refractivity contribution in [3.63, 3.8) is 0 Å². The summed E-state index contributed by atoms with van der Waals surface area (Å²) in [6, 6.07) is 4.12. The molecule has 0 aromatic carbocycles. The van der Waals surface area contributed by atoms with Gasteiger partial charge in [0.15, 0.2) is 0 Å². The highest BCUT2D eigenvalue weighted by Gasteiger charge is 2.35. The first-order valence-electron chi connectivity index (χ1n) is 6.61. The third-order valence-corrected chi connectivity index (χ3v) is 3.91. The summed E-state index contributed by atoms with van der Waals surface area (Å²) in [6.07, 6.45) is 6.38. The Morgan fingerprint density at radius 1 is 1.63 bits per heavy atom. The average Bonchev–Trinajstić information content (AvgIpc) is 2.91. The van der Waals surface area contributed by atoms with Gasteiger partial charge in [-0.15, -0.1) is 0 Å². The summed E-state index contributed by atoms with van der Waals surface area (Å²) in [4.78, 5) is 17.1. The number of hydrogen-bond acceptors (Lipinski definition) is 3. The van der Waals surface area contributed by atoms with Crippen molar-refractivity contribution in [2.24, 2.45) is 11.7 Å².